The Hall–Kier alpha value is -1.31. The second-order valence-corrected chi connectivity index (χ2v) is 3.19. The Labute approximate surface area is 71.8 Å². The van der Waals surface area contributed by atoms with E-state index in [-0.39, 0.29) is 0 Å². The van der Waals surface area contributed by atoms with Crippen molar-refractivity contribution >= 4 is 12.1 Å². The van der Waals surface area contributed by atoms with E-state index in [2.05, 4.69) is 13.0 Å². The van der Waals surface area contributed by atoms with Crippen LogP contribution in [0.5, 0.6) is 0 Å². The van der Waals surface area contributed by atoms with Gasteiger partial charge in [0.1, 0.15) is 0 Å². The van der Waals surface area contributed by atoms with Gasteiger partial charge in [0.15, 0.2) is 0 Å². The van der Waals surface area contributed by atoms with Crippen molar-refractivity contribution in [2.75, 3.05) is 4.90 Å². The Kier molecular flexibility index (Phi) is 1.61. The third-order valence-electron chi connectivity index (χ3n) is 2.37. The molecule has 0 bridgehead atoms. The lowest BCUT2D eigenvalue weighted by molar-refractivity contribution is -0.107. The largest absolute Gasteiger partial charge is 0.312 e. The number of rotatable bonds is 1. The van der Waals surface area contributed by atoms with Crippen LogP contribution < -0.4 is 4.90 Å². The number of benzene rings is 1. The molecule has 12 heavy (non-hydrogen) atoms. The molecular formula is C10H11NO. The van der Waals surface area contributed by atoms with Crippen molar-refractivity contribution in [1.82, 2.24) is 0 Å². The second-order valence-electron chi connectivity index (χ2n) is 3.19. The molecule has 2 rings (SSSR count). The predicted molar refractivity (Wildman–Crippen MR) is 48.2 cm³/mol. The first-order chi connectivity index (χ1) is 5.83. The molecule has 0 radical (unpaired) electrons. The van der Waals surface area contributed by atoms with E-state index in [9.17, 15) is 4.79 Å². The van der Waals surface area contributed by atoms with Crippen molar-refractivity contribution < 1.29 is 4.79 Å². The van der Waals surface area contributed by atoms with Gasteiger partial charge in [-0.1, -0.05) is 18.2 Å². The van der Waals surface area contributed by atoms with Crippen molar-refractivity contribution in [2.45, 2.75) is 19.4 Å². The first-order valence-corrected chi connectivity index (χ1v) is 4.14. The topological polar surface area (TPSA) is 20.3 Å². The molecular weight excluding hydrogens is 150 g/mol. The fourth-order valence-corrected chi connectivity index (χ4v) is 1.75. The molecule has 1 atom stereocenters. The third kappa shape index (κ3) is 0.916. The fourth-order valence-electron chi connectivity index (χ4n) is 1.75. The molecule has 1 aromatic carbocycles. The van der Waals surface area contributed by atoms with Crippen molar-refractivity contribution in [1.29, 1.82) is 0 Å². The Morgan fingerprint density at radius 1 is 1.50 bits per heavy atom. The molecule has 1 amide bonds. The molecule has 1 aromatic rings. The molecule has 2 heteroatoms. The van der Waals surface area contributed by atoms with Gasteiger partial charge in [-0.25, -0.2) is 0 Å². The Bertz CT molecular complexity index is 308. The van der Waals surface area contributed by atoms with E-state index in [0.717, 1.165) is 18.5 Å². The molecule has 0 aromatic heterocycles. The van der Waals surface area contributed by atoms with E-state index in [0.29, 0.717) is 6.04 Å². The first-order valence-electron chi connectivity index (χ1n) is 4.14. The van der Waals surface area contributed by atoms with Crippen LogP contribution in [0, 0.1) is 0 Å². The van der Waals surface area contributed by atoms with Gasteiger partial charge in [-0.05, 0) is 25.0 Å². The van der Waals surface area contributed by atoms with Crippen LogP contribution in [0.2, 0.25) is 0 Å². The van der Waals surface area contributed by atoms with Crippen LogP contribution in [0.1, 0.15) is 12.5 Å². The molecule has 0 saturated heterocycles. The lowest BCUT2D eigenvalue weighted by atomic mass is 10.1. The van der Waals surface area contributed by atoms with Crippen LogP contribution in [-0.4, -0.2) is 12.5 Å². The highest BCUT2D eigenvalue weighted by atomic mass is 16.1. The minimum absolute atomic E-state index is 0.319. The van der Waals surface area contributed by atoms with Crippen LogP contribution in [0.4, 0.5) is 5.69 Å². The van der Waals surface area contributed by atoms with E-state index in [1.165, 1.54) is 5.56 Å². The van der Waals surface area contributed by atoms with E-state index < -0.39 is 0 Å². The number of para-hydroxylation sites is 1. The highest BCUT2D eigenvalue weighted by Gasteiger charge is 2.24. The Balaban J connectivity index is 2.47. The number of hydrogen-bond acceptors (Lipinski definition) is 1. The lowest BCUT2D eigenvalue weighted by Gasteiger charge is -2.15. The summed E-state index contributed by atoms with van der Waals surface area (Å²) in [4.78, 5) is 12.5. The maximum Gasteiger partial charge on any atom is 0.214 e. The van der Waals surface area contributed by atoms with Gasteiger partial charge in [0.2, 0.25) is 6.41 Å². The molecule has 2 nitrogen and oxygen atoms in total. The fraction of sp³-hybridized carbons (Fsp3) is 0.300. The maximum atomic E-state index is 10.7. The summed E-state index contributed by atoms with van der Waals surface area (Å²) in [6.45, 7) is 2.06. The number of anilines is 1. The minimum atomic E-state index is 0.319. The smallest absolute Gasteiger partial charge is 0.214 e. The zero-order chi connectivity index (χ0) is 8.55. The van der Waals surface area contributed by atoms with E-state index in [1.54, 1.807) is 4.90 Å². The van der Waals surface area contributed by atoms with Crippen molar-refractivity contribution in [3.63, 3.8) is 0 Å². The van der Waals surface area contributed by atoms with Crippen LogP contribution in [0.15, 0.2) is 24.3 Å². The molecule has 0 aliphatic carbocycles. The predicted octanol–water partition coefficient (Wildman–Crippen LogP) is 1.59. The van der Waals surface area contributed by atoms with Crippen molar-refractivity contribution in [3.8, 4) is 0 Å². The number of carbonyl (C=O) groups is 1. The minimum Gasteiger partial charge on any atom is -0.312 e. The van der Waals surface area contributed by atoms with Gasteiger partial charge in [-0.15, -0.1) is 0 Å². The molecule has 1 unspecified atom stereocenters. The summed E-state index contributed by atoms with van der Waals surface area (Å²) in [6, 6.07) is 8.37. The zero-order valence-corrected chi connectivity index (χ0v) is 7.03. The summed E-state index contributed by atoms with van der Waals surface area (Å²) in [5.74, 6) is 0. The summed E-state index contributed by atoms with van der Waals surface area (Å²) in [5, 5.41) is 0. The number of fused-ring (bicyclic) bond motifs is 1. The summed E-state index contributed by atoms with van der Waals surface area (Å²) in [5.41, 5.74) is 2.34. The molecule has 62 valence electrons. The van der Waals surface area contributed by atoms with E-state index in [1.807, 2.05) is 18.2 Å². The highest BCUT2D eigenvalue weighted by Crippen LogP contribution is 2.29. The monoisotopic (exact) mass is 161 g/mol. The second kappa shape index (κ2) is 2.63. The lowest BCUT2D eigenvalue weighted by Crippen LogP contribution is -2.27. The van der Waals surface area contributed by atoms with Crippen molar-refractivity contribution in [3.05, 3.63) is 29.8 Å². The molecule has 1 aliphatic heterocycles. The number of hydrogen-bond donors (Lipinski definition) is 0. The highest BCUT2D eigenvalue weighted by molar-refractivity contribution is 5.80. The van der Waals surface area contributed by atoms with E-state index >= 15 is 0 Å². The molecule has 0 spiro atoms. The quantitative estimate of drug-likeness (QED) is 0.573. The molecule has 0 N–H and O–H groups in total. The van der Waals surface area contributed by atoms with Gasteiger partial charge in [0.05, 0.1) is 0 Å². The van der Waals surface area contributed by atoms with Crippen LogP contribution in [0.25, 0.3) is 0 Å². The summed E-state index contributed by atoms with van der Waals surface area (Å²) >= 11 is 0. The molecule has 0 fully saturated rings. The van der Waals surface area contributed by atoms with Gasteiger partial charge in [-0.3, -0.25) is 4.79 Å². The number of nitrogens with zero attached hydrogens (tertiary/aromatic N) is 1. The van der Waals surface area contributed by atoms with Crippen LogP contribution in [-0.2, 0) is 11.2 Å². The normalized spacial score (nSPS) is 20.8. The molecule has 1 aliphatic rings. The molecule has 0 saturated carbocycles. The Morgan fingerprint density at radius 3 is 3.00 bits per heavy atom. The molecule has 1 heterocycles. The number of carbonyl (C=O) groups excluding carboxylic acids is 1. The first kappa shape index (κ1) is 7.35. The van der Waals surface area contributed by atoms with Crippen LogP contribution >= 0.6 is 0 Å². The zero-order valence-electron chi connectivity index (χ0n) is 7.03. The SMILES string of the molecule is CC1Cc2ccccc2N1C=O. The summed E-state index contributed by atoms with van der Waals surface area (Å²) < 4.78 is 0. The maximum absolute atomic E-state index is 10.7. The van der Waals surface area contributed by atoms with E-state index in [4.69, 9.17) is 0 Å². The average molecular weight is 161 g/mol. The van der Waals surface area contributed by atoms with Gasteiger partial charge >= 0.3 is 0 Å². The van der Waals surface area contributed by atoms with Gasteiger partial charge in [0, 0.05) is 11.7 Å². The van der Waals surface area contributed by atoms with Crippen LogP contribution in [0.3, 0.4) is 0 Å². The Morgan fingerprint density at radius 2 is 2.25 bits per heavy atom. The van der Waals surface area contributed by atoms with Gasteiger partial charge in [-0.2, -0.15) is 0 Å². The third-order valence-corrected chi connectivity index (χ3v) is 2.37. The summed E-state index contributed by atoms with van der Waals surface area (Å²) in [7, 11) is 0. The van der Waals surface area contributed by atoms with Crippen molar-refractivity contribution in [2.24, 2.45) is 0 Å². The number of amides is 1. The summed E-state index contributed by atoms with van der Waals surface area (Å²) in [6.07, 6.45) is 1.89. The van der Waals surface area contributed by atoms with Gasteiger partial charge < -0.3 is 4.90 Å². The average Bonchev–Trinajstić information content (AvgIpc) is 2.40. The van der Waals surface area contributed by atoms with Gasteiger partial charge in [0.25, 0.3) is 0 Å². The standard InChI is InChI=1S/C10H11NO/c1-8-6-9-4-2-3-5-10(9)11(8)7-12/h2-5,7-8H,6H2,1H3.